The van der Waals surface area contributed by atoms with Crippen molar-refractivity contribution in [2.45, 2.75) is 55.8 Å². The number of nitrogens with one attached hydrogen (secondary N) is 3. The van der Waals surface area contributed by atoms with E-state index in [0.717, 1.165) is 19.3 Å². The number of nitrogens with zero attached hydrogens (tertiary/aromatic N) is 5. The van der Waals surface area contributed by atoms with Crippen LogP contribution in [0, 0.1) is 11.3 Å². The Kier molecular flexibility index (Phi) is 7.20. The molecule has 12 heteroatoms. The second-order valence-corrected chi connectivity index (χ2v) is 10.6. The van der Waals surface area contributed by atoms with Gasteiger partial charge in [0, 0.05) is 31.0 Å². The Labute approximate surface area is 226 Å². The van der Waals surface area contributed by atoms with Crippen LogP contribution in [0.1, 0.15) is 53.7 Å². The van der Waals surface area contributed by atoms with Gasteiger partial charge in [-0.15, -0.1) is 0 Å². The fourth-order valence-electron chi connectivity index (χ4n) is 5.91. The monoisotopic (exact) mass is 532 g/mol. The Bertz CT molecular complexity index is 1330. The number of amides is 3. The van der Waals surface area contributed by atoms with Crippen molar-refractivity contribution in [3.63, 3.8) is 0 Å². The number of hydrogen-bond donors (Lipinski definition) is 3. The molecule has 0 unspecified atom stereocenters. The number of carbonyl (C=O) groups is 3. The molecule has 3 N–H and O–H groups in total. The first kappa shape index (κ1) is 26.5. The summed E-state index contributed by atoms with van der Waals surface area (Å²) in [5.41, 5.74) is 1.19. The zero-order valence-electron chi connectivity index (χ0n) is 22.2. The molecule has 39 heavy (non-hydrogen) atoms. The molecule has 2 aromatic heterocycles. The number of nitriles is 1. The third-order valence-corrected chi connectivity index (χ3v) is 7.71. The van der Waals surface area contributed by atoms with Crippen LogP contribution in [0.5, 0.6) is 0 Å². The second-order valence-electron chi connectivity index (χ2n) is 10.6. The van der Waals surface area contributed by atoms with Gasteiger partial charge in [0.2, 0.25) is 5.91 Å². The first-order chi connectivity index (χ1) is 18.8. The molecule has 6 rings (SSSR count). The van der Waals surface area contributed by atoms with Gasteiger partial charge in [-0.25, -0.2) is 14.8 Å². The Hall–Kier alpha value is -4.08. The topological polar surface area (TPSA) is 153 Å². The number of anilines is 3. The lowest BCUT2D eigenvalue weighted by Crippen LogP contribution is -2.67. The van der Waals surface area contributed by atoms with Gasteiger partial charge in [-0.2, -0.15) is 5.26 Å². The molecule has 4 heterocycles. The van der Waals surface area contributed by atoms with Crippen LogP contribution in [0.15, 0.2) is 24.4 Å². The van der Waals surface area contributed by atoms with Crippen molar-refractivity contribution in [3.8, 4) is 6.07 Å². The van der Waals surface area contributed by atoms with Crippen molar-refractivity contribution in [3.05, 3.63) is 41.2 Å². The summed E-state index contributed by atoms with van der Waals surface area (Å²) in [5.74, 6) is 0.490. The molecule has 0 spiro atoms. The van der Waals surface area contributed by atoms with E-state index in [1.165, 1.54) is 11.1 Å². The highest BCUT2D eigenvalue weighted by molar-refractivity contribution is 6.03. The van der Waals surface area contributed by atoms with Gasteiger partial charge in [-0.05, 0) is 52.3 Å². The van der Waals surface area contributed by atoms with Crippen LogP contribution in [-0.2, 0) is 15.1 Å². The number of ether oxygens (including phenoxy) is 1. The highest BCUT2D eigenvalue weighted by Gasteiger charge is 2.57. The summed E-state index contributed by atoms with van der Waals surface area (Å²) in [4.78, 5) is 49.8. The summed E-state index contributed by atoms with van der Waals surface area (Å²) in [6.45, 7) is 0.235. The van der Waals surface area contributed by atoms with E-state index in [1.54, 1.807) is 30.2 Å². The standard InChI is InChI=1S/C27H32N8O4/c1-34(2)14-24(37)33-27-10-18(11-27)35(25-19(27)8-7-17(15-36)30-25)26(38)32-23-9-21(16(12-28)13-29-23)31-20-5-4-6-22(20)39-3/h7-9,13,15,18,20,22H,4-6,10-11,14H2,1-3H3,(H,33,37)(H2,29,31,32,38)/t18?,20-,22-,27?/m1/s1. The number of aldehydes is 1. The Balaban J connectivity index is 1.39. The minimum atomic E-state index is -0.638. The SMILES string of the molecule is CO[C@@H]1CCC[C@H]1Nc1cc(NC(=O)N2c3nc(C=O)ccc3C3(NC(=O)CN(C)C)CC2C3)ncc1C#N. The van der Waals surface area contributed by atoms with E-state index in [-0.39, 0.29) is 42.2 Å². The third-order valence-electron chi connectivity index (χ3n) is 7.71. The van der Waals surface area contributed by atoms with Crippen LogP contribution in [0.3, 0.4) is 0 Å². The number of rotatable bonds is 8. The average molecular weight is 533 g/mol. The summed E-state index contributed by atoms with van der Waals surface area (Å²) < 4.78 is 5.57. The molecule has 204 valence electrons. The molecule has 2 atom stereocenters. The first-order valence-electron chi connectivity index (χ1n) is 13.0. The molecule has 0 aromatic carbocycles. The van der Waals surface area contributed by atoms with E-state index in [4.69, 9.17) is 4.74 Å². The quantitative estimate of drug-likeness (QED) is 0.435. The van der Waals surface area contributed by atoms with Crippen LogP contribution < -0.4 is 20.9 Å². The van der Waals surface area contributed by atoms with Gasteiger partial charge in [-0.1, -0.05) is 6.07 Å². The third kappa shape index (κ3) is 5.03. The summed E-state index contributed by atoms with van der Waals surface area (Å²) in [5, 5.41) is 19.0. The minimum absolute atomic E-state index is 0.0443. The van der Waals surface area contributed by atoms with Crippen molar-refractivity contribution < 1.29 is 19.1 Å². The lowest BCUT2D eigenvalue weighted by molar-refractivity contribution is -0.125. The van der Waals surface area contributed by atoms with Crippen LogP contribution in [-0.4, -0.2) is 79.0 Å². The lowest BCUT2D eigenvalue weighted by Gasteiger charge is -2.57. The summed E-state index contributed by atoms with van der Waals surface area (Å²) in [6, 6.07) is 6.53. The number of urea groups is 1. The molecule has 12 nitrogen and oxygen atoms in total. The van der Waals surface area contributed by atoms with E-state index in [2.05, 4.69) is 32.0 Å². The van der Waals surface area contributed by atoms with E-state index >= 15 is 0 Å². The van der Waals surface area contributed by atoms with Crippen LogP contribution in [0.2, 0.25) is 0 Å². The maximum Gasteiger partial charge on any atom is 0.328 e. The van der Waals surface area contributed by atoms with Gasteiger partial charge in [0.05, 0.1) is 35.5 Å². The highest BCUT2D eigenvalue weighted by atomic mass is 16.5. The van der Waals surface area contributed by atoms with Crippen LogP contribution in [0.4, 0.5) is 22.1 Å². The van der Waals surface area contributed by atoms with Crippen molar-refractivity contribution in [1.82, 2.24) is 20.2 Å². The van der Waals surface area contributed by atoms with Crippen LogP contribution in [0.25, 0.3) is 0 Å². The molecule has 2 aliphatic carbocycles. The van der Waals surface area contributed by atoms with Gasteiger partial charge in [0.25, 0.3) is 0 Å². The smallest absolute Gasteiger partial charge is 0.328 e. The fraction of sp³-hybridized carbons (Fsp3) is 0.481. The molecule has 2 fully saturated rings. The first-order valence-corrected chi connectivity index (χ1v) is 13.0. The largest absolute Gasteiger partial charge is 0.379 e. The molecular formula is C27H32N8O4. The van der Waals surface area contributed by atoms with Gasteiger partial charge >= 0.3 is 6.03 Å². The fourth-order valence-corrected chi connectivity index (χ4v) is 5.91. The summed E-state index contributed by atoms with van der Waals surface area (Å²) >= 11 is 0. The van der Waals surface area contributed by atoms with Gasteiger partial charge < -0.3 is 20.3 Å². The number of carbonyl (C=O) groups excluding carboxylic acids is 3. The number of aromatic nitrogens is 2. The van der Waals surface area contributed by atoms with E-state index in [1.807, 2.05) is 14.1 Å². The number of likely N-dealkylation sites (N-methyl/N-ethyl adjacent to an activating group) is 1. The Morgan fingerprint density at radius 3 is 2.79 bits per heavy atom. The average Bonchev–Trinajstić information content (AvgIpc) is 3.34. The summed E-state index contributed by atoms with van der Waals surface area (Å²) in [6.07, 6.45) is 6.04. The molecular weight excluding hydrogens is 500 g/mol. The molecule has 0 saturated heterocycles. The number of hydrogen-bond acceptors (Lipinski definition) is 9. The Morgan fingerprint density at radius 2 is 2.10 bits per heavy atom. The second kappa shape index (κ2) is 10.6. The Morgan fingerprint density at radius 1 is 1.31 bits per heavy atom. The minimum Gasteiger partial charge on any atom is -0.379 e. The van der Waals surface area contributed by atoms with Crippen LogP contribution >= 0.6 is 0 Å². The van der Waals surface area contributed by atoms with Crippen molar-refractivity contribution in [2.75, 3.05) is 43.3 Å². The van der Waals surface area contributed by atoms with E-state index < -0.39 is 11.6 Å². The zero-order chi connectivity index (χ0) is 27.7. The molecule has 0 radical (unpaired) electrons. The van der Waals surface area contributed by atoms with E-state index in [0.29, 0.717) is 41.8 Å². The molecule has 3 amide bonds. The molecule has 2 aromatic rings. The molecule has 4 aliphatic rings. The maximum atomic E-state index is 13.6. The zero-order valence-corrected chi connectivity index (χ0v) is 22.2. The molecule has 2 saturated carbocycles. The summed E-state index contributed by atoms with van der Waals surface area (Å²) in [7, 11) is 5.32. The number of pyridine rings is 2. The van der Waals surface area contributed by atoms with E-state index in [9.17, 15) is 19.6 Å². The maximum absolute atomic E-state index is 13.6. The van der Waals surface area contributed by atoms with Crippen molar-refractivity contribution >= 4 is 35.5 Å². The predicted molar refractivity (Wildman–Crippen MR) is 144 cm³/mol. The highest BCUT2D eigenvalue weighted by Crippen LogP contribution is 2.53. The number of methoxy groups -OCH3 is 1. The molecule has 2 aliphatic heterocycles. The lowest BCUT2D eigenvalue weighted by atomic mass is 9.64. The normalized spacial score (nSPS) is 24.8. The van der Waals surface area contributed by atoms with Gasteiger partial charge in [-0.3, -0.25) is 19.8 Å². The molecule has 2 bridgehead atoms. The van der Waals surface area contributed by atoms with Gasteiger partial charge in [0.15, 0.2) is 6.29 Å². The van der Waals surface area contributed by atoms with Crippen molar-refractivity contribution in [2.24, 2.45) is 0 Å². The predicted octanol–water partition coefficient (Wildman–Crippen LogP) is 2.23. The van der Waals surface area contributed by atoms with Gasteiger partial charge in [0.1, 0.15) is 23.4 Å². The van der Waals surface area contributed by atoms with Crippen molar-refractivity contribution in [1.29, 1.82) is 5.26 Å².